The van der Waals surface area contributed by atoms with Gasteiger partial charge in [-0.2, -0.15) is 0 Å². The topological polar surface area (TPSA) is 83.8 Å². The molecule has 7 heteroatoms. The molecule has 0 heterocycles. The highest BCUT2D eigenvalue weighted by molar-refractivity contribution is 7.39. The van der Waals surface area contributed by atoms with Crippen molar-refractivity contribution in [3.63, 3.8) is 0 Å². The van der Waals surface area contributed by atoms with Gasteiger partial charge in [-0.1, -0.05) is 54.6 Å². The molecule has 0 saturated carbocycles. The Morgan fingerprint density at radius 3 is 2.61 bits per heavy atom. The van der Waals surface area contributed by atoms with Crippen molar-refractivity contribution in [2.75, 3.05) is 12.8 Å². The zero-order valence-corrected chi connectivity index (χ0v) is 18.0. The second kappa shape index (κ2) is 10.5. The summed E-state index contributed by atoms with van der Waals surface area (Å²) in [6, 6.07) is 16.4. The number of halogens is 1. The van der Waals surface area contributed by atoms with Crippen molar-refractivity contribution >= 4 is 30.8 Å². The van der Waals surface area contributed by atoms with Gasteiger partial charge in [0.15, 0.2) is 8.03 Å². The molecule has 0 radical (unpaired) electrons. The number of fused-ring (bicyclic) bond motifs is 1. The number of carboxylic acid groups (broad SMARTS) is 1. The Balaban J connectivity index is 1.84. The minimum Gasteiger partial charge on any atom is -0.481 e. The van der Waals surface area contributed by atoms with E-state index in [1.54, 1.807) is 18.2 Å². The third-order valence-corrected chi connectivity index (χ3v) is 6.16. The maximum Gasteiger partial charge on any atom is 0.305 e. The Morgan fingerprint density at radius 1 is 1.19 bits per heavy atom. The molecule has 2 N–H and O–H groups in total. The van der Waals surface area contributed by atoms with Crippen molar-refractivity contribution in [3.05, 3.63) is 77.6 Å². The molecule has 2 atom stereocenters. The zero-order valence-electron chi connectivity index (χ0n) is 17.0. The lowest BCUT2D eigenvalue weighted by molar-refractivity contribution is -0.138. The first kappa shape index (κ1) is 22.9. The van der Waals surface area contributed by atoms with E-state index in [-0.39, 0.29) is 18.6 Å². The molecule has 5 nitrogen and oxygen atoms in total. The summed E-state index contributed by atoms with van der Waals surface area (Å²) in [6.45, 7) is 2.05. The van der Waals surface area contributed by atoms with E-state index in [2.05, 4.69) is 6.07 Å². The Bertz CT molecular complexity index is 1120. The molecule has 31 heavy (non-hydrogen) atoms. The summed E-state index contributed by atoms with van der Waals surface area (Å²) >= 11 is 0. The van der Waals surface area contributed by atoms with Crippen molar-refractivity contribution in [2.45, 2.75) is 19.4 Å². The summed E-state index contributed by atoms with van der Waals surface area (Å²) in [5.74, 6) is -1.45. The fourth-order valence-electron chi connectivity index (χ4n) is 3.48. The lowest BCUT2D eigenvalue weighted by Gasteiger charge is -2.14. The smallest absolute Gasteiger partial charge is 0.305 e. The standard InChI is InChI=1S/C24H24FO5P/c1-16-13-18-5-2-3-6-22(18)24(17-8-10-19(25)11-9-17)21(16)7-4-12-30-31(29)15-20(26)14-23(27)28/h2-11,13,20,26,31H,12,14-15H2,1H3,(H,27,28)/b7-4+. The fourth-order valence-corrected chi connectivity index (χ4v) is 4.41. The molecule has 0 amide bonds. The molecular formula is C24H24FO5P. The van der Waals surface area contributed by atoms with Crippen LogP contribution >= 0.6 is 8.03 Å². The molecule has 0 aliphatic carbocycles. The highest BCUT2D eigenvalue weighted by atomic mass is 31.1. The van der Waals surface area contributed by atoms with Crippen LogP contribution in [0.1, 0.15) is 17.5 Å². The molecule has 0 fully saturated rings. The van der Waals surface area contributed by atoms with Gasteiger partial charge in [0.1, 0.15) is 5.82 Å². The van der Waals surface area contributed by atoms with Crippen LogP contribution < -0.4 is 0 Å². The molecule has 0 saturated heterocycles. The number of aliphatic hydroxyl groups excluding tert-OH is 1. The highest BCUT2D eigenvalue weighted by Gasteiger charge is 2.14. The van der Waals surface area contributed by atoms with Crippen LogP contribution in [0.25, 0.3) is 28.0 Å². The first-order chi connectivity index (χ1) is 14.8. The monoisotopic (exact) mass is 442 g/mol. The quantitative estimate of drug-likeness (QED) is 0.440. The second-order valence-corrected chi connectivity index (χ2v) is 8.69. The van der Waals surface area contributed by atoms with Crippen LogP contribution in [0.5, 0.6) is 0 Å². The third-order valence-electron chi connectivity index (χ3n) is 4.87. The molecule has 0 bridgehead atoms. The summed E-state index contributed by atoms with van der Waals surface area (Å²) in [4.78, 5) is 10.6. The maximum atomic E-state index is 13.5. The number of benzene rings is 3. The van der Waals surface area contributed by atoms with Gasteiger partial charge < -0.3 is 14.7 Å². The predicted octanol–water partition coefficient (Wildman–Crippen LogP) is 5.29. The number of hydrogen-bond donors (Lipinski definition) is 2. The van der Waals surface area contributed by atoms with Crippen LogP contribution in [0.15, 0.2) is 60.7 Å². The van der Waals surface area contributed by atoms with E-state index in [1.165, 1.54) is 12.1 Å². The maximum absolute atomic E-state index is 13.5. The number of carbonyl (C=O) groups is 1. The van der Waals surface area contributed by atoms with Gasteiger partial charge in [0.2, 0.25) is 0 Å². The minimum absolute atomic E-state index is 0.0622. The molecule has 0 aliphatic heterocycles. The van der Waals surface area contributed by atoms with E-state index < -0.39 is 26.5 Å². The van der Waals surface area contributed by atoms with E-state index in [0.29, 0.717) is 0 Å². The van der Waals surface area contributed by atoms with Gasteiger partial charge in [-0.15, -0.1) is 0 Å². The van der Waals surface area contributed by atoms with Crippen LogP contribution in [-0.4, -0.2) is 35.1 Å². The predicted molar refractivity (Wildman–Crippen MR) is 121 cm³/mol. The van der Waals surface area contributed by atoms with Crippen LogP contribution in [0, 0.1) is 12.7 Å². The summed E-state index contributed by atoms with van der Waals surface area (Å²) in [5.41, 5.74) is 3.82. The normalized spacial score (nSPS) is 13.5. The lowest BCUT2D eigenvalue weighted by Crippen LogP contribution is -2.15. The second-order valence-electron chi connectivity index (χ2n) is 7.25. The van der Waals surface area contributed by atoms with Gasteiger partial charge in [-0.25, -0.2) is 4.39 Å². The lowest BCUT2D eigenvalue weighted by atomic mass is 9.90. The molecular weight excluding hydrogens is 418 g/mol. The summed E-state index contributed by atoms with van der Waals surface area (Å²) < 4.78 is 30.7. The minimum atomic E-state index is -2.55. The highest BCUT2D eigenvalue weighted by Crippen LogP contribution is 2.35. The molecule has 0 aromatic heterocycles. The van der Waals surface area contributed by atoms with Gasteiger partial charge in [0.05, 0.1) is 19.1 Å². The van der Waals surface area contributed by atoms with Crippen LogP contribution in [-0.2, 0) is 13.9 Å². The van der Waals surface area contributed by atoms with Crippen molar-refractivity contribution in [1.29, 1.82) is 0 Å². The molecule has 3 aromatic carbocycles. The number of aliphatic carboxylic acids is 1. The van der Waals surface area contributed by atoms with E-state index in [0.717, 1.165) is 33.0 Å². The van der Waals surface area contributed by atoms with Crippen LogP contribution in [0.3, 0.4) is 0 Å². The van der Waals surface area contributed by atoms with E-state index in [4.69, 9.17) is 9.63 Å². The van der Waals surface area contributed by atoms with E-state index in [9.17, 15) is 18.9 Å². The van der Waals surface area contributed by atoms with E-state index >= 15 is 0 Å². The van der Waals surface area contributed by atoms with Gasteiger partial charge in [-0.3, -0.25) is 9.36 Å². The summed E-state index contributed by atoms with van der Waals surface area (Å²) in [7, 11) is -2.55. The van der Waals surface area contributed by atoms with Gasteiger partial charge in [0.25, 0.3) is 0 Å². The van der Waals surface area contributed by atoms with Gasteiger partial charge in [0, 0.05) is 6.16 Å². The number of aryl methyl sites for hydroxylation is 1. The van der Waals surface area contributed by atoms with Gasteiger partial charge in [-0.05, 0) is 52.1 Å². The third kappa shape index (κ3) is 6.11. The molecule has 0 spiro atoms. The van der Waals surface area contributed by atoms with Gasteiger partial charge >= 0.3 is 5.97 Å². The Labute approximate surface area is 180 Å². The molecule has 2 unspecified atom stereocenters. The largest absolute Gasteiger partial charge is 0.481 e. The van der Waals surface area contributed by atoms with Crippen molar-refractivity contribution < 1.29 is 28.5 Å². The molecule has 0 aliphatic rings. The Kier molecular flexibility index (Phi) is 7.75. The van der Waals surface area contributed by atoms with Crippen LogP contribution in [0.4, 0.5) is 4.39 Å². The summed E-state index contributed by atoms with van der Waals surface area (Å²) in [5, 5.41) is 20.3. The fraction of sp³-hybridized carbons (Fsp3) is 0.208. The van der Waals surface area contributed by atoms with E-state index in [1.807, 2.05) is 37.3 Å². The average Bonchev–Trinajstić information content (AvgIpc) is 2.71. The number of aliphatic hydroxyl groups is 1. The van der Waals surface area contributed by atoms with Crippen molar-refractivity contribution in [2.24, 2.45) is 0 Å². The average molecular weight is 442 g/mol. The zero-order chi connectivity index (χ0) is 22.4. The first-order valence-electron chi connectivity index (χ1n) is 9.85. The summed E-state index contributed by atoms with van der Waals surface area (Å²) in [6.07, 6.45) is 1.76. The van der Waals surface area contributed by atoms with Crippen molar-refractivity contribution in [1.82, 2.24) is 0 Å². The van der Waals surface area contributed by atoms with Crippen molar-refractivity contribution in [3.8, 4) is 11.1 Å². The van der Waals surface area contributed by atoms with Crippen LogP contribution in [0.2, 0.25) is 0 Å². The number of rotatable bonds is 9. The SMILES string of the molecule is Cc1cc2ccccc2c(-c2ccc(F)cc2)c1/C=C/CO[PH](=O)CC(O)CC(=O)O. The Hall–Kier alpha value is -2.79. The first-order valence-corrected chi connectivity index (χ1v) is 11.4. The number of carboxylic acids is 1. The molecule has 3 aromatic rings. The molecule has 162 valence electrons. The molecule has 3 rings (SSSR count). The Morgan fingerprint density at radius 2 is 1.90 bits per heavy atom. The number of hydrogen-bond acceptors (Lipinski definition) is 4.